The van der Waals surface area contributed by atoms with Crippen LogP contribution < -0.4 is 0 Å². The summed E-state index contributed by atoms with van der Waals surface area (Å²) < 4.78 is 27.1. The van der Waals surface area contributed by atoms with Gasteiger partial charge >= 0.3 is 0 Å². The molecule has 0 nitrogen and oxygen atoms in total. The fourth-order valence-corrected chi connectivity index (χ4v) is 2.16. The molecule has 3 rings (SSSR count). The van der Waals surface area contributed by atoms with E-state index < -0.39 is 11.6 Å². The van der Waals surface area contributed by atoms with Gasteiger partial charge in [-0.1, -0.05) is 42.5 Å². The fraction of sp³-hybridized carbons (Fsp3) is 0. The number of hydrogen-bond acceptors (Lipinski definition) is 0. The molecule has 2 heteroatoms. The summed E-state index contributed by atoms with van der Waals surface area (Å²) in [6.07, 6.45) is 0. The molecule has 0 saturated carbocycles. The van der Waals surface area contributed by atoms with E-state index in [-0.39, 0.29) is 0 Å². The first-order chi connectivity index (χ1) is 8.75. The van der Waals surface area contributed by atoms with Crippen molar-refractivity contribution in [2.75, 3.05) is 0 Å². The quantitative estimate of drug-likeness (QED) is 0.574. The number of benzene rings is 3. The lowest BCUT2D eigenvalue weighted by Gasteiger charge is -2.08. The van der Waals surface area contributed by atoms with E-state index in [1.807, 2.05) is 36.4 Å². The van der Waals surface area contributed by atoms with Gasteiger partial charge in [0, 0.05) is 5.56 Å². The van der Waals surface area contributed by atoms with Gasteiger partial charge in [0.05, 0.1) is 0 Å². The zero-order chi connectivity index (χ0) is 12.5. The van der Waals surface area contributed by atoms with E-state index in [2.05, 4.69) is 0 Å². The third-order valence-electron chi connectivity index (χ3n) is 3.01. The molecule has 0 aliphatic rings. The first-order valence-corrected chi connectivity index (χ1v) is 5.69. The first kappa shape index (κ1) is 10.9. The van der Waals surface area contributed by atoms with Crippen LogP contribution >= 0.6 is 0 Å². The Morgan fingerprint density at radius 2 is 1.44 bits per heavy atom. The van der Waals surface area contributed by atoms with Crippen molar-refractivity contribution in [2.45, 2.75) is 0 Å². The van der Waals surface area contributed by atoms with Gasteiger partial charge in [-0.15, -0.1) is 0 Å². The van der Waals surface area contributed by atoms with Crippen molar-refractivity contribution in [1.29, 1.82) is 0 Å². The van der Waals surface area contributed by atoms with Crippen LogP contribution in [0.2, 0.25) is 0 Å². The Balaban J connectivity index is 2.35. The smallest absolute Gasteiger partial charge is 0.131 e. The summed E-state index contributed by atoms with van der Waals surface area (Å²) in [5, 5.41) is 1.93. The lowest BCUT2D eigenvalue weighted by molar-refractivity contribution is 0.603. The Morgan fingerprint density at radius 1 is 0.667 bits per heavy atom. The largest absolute Gasteiger partial charge is 0.207 e. The van der Waals surface area contributed by atoms with Crippen LogP contribution in [0, 0.1) is 11.6 Å². The maximum Gasteiger partial charge on any atom is 0.131 e. The number of hydrogen-bond donors (Lipinski definition) is 0. The van der Waals surface area contributed by atoms with Crippen molar-refractivity contribution < 1.29 is 8.78 Å². The normalized spacial score (nSPS) is 10.8. The van der Waals surface area contributed by atoms with Gasteiger partial charge in [0.15, 0.2) is 0 Å². The molecule has 0 fully saturated rings. The number of rotatable bonds is 1. The highest BCUT2D eigenvalue weighted by Crippen LogP contribution is 2.30. The molecular weight excluding hydrogens is 230 g/mol. The van der Waals surface area contributed by atoms with Gasteiger partial charge in [-0.25, -0.2) is 8.78 Å². The summed E-state index contributed by atoms with van der Waals surface area (Å²) in [4.78, 5) is 0. The van der Waals surface area contributed by atoms with Crippen LogP contribution in [0.3, 0.4) is 0 Å². The maximum atomic E-state index is 13.8. The molecule has 0 aromatic heterocycles. The second kappa shape index (κ2) is 4.22. The van der Waals surface area contributed by atoms with Gasteiger partial charge in [-0.2, -0.15) is 0 Å². The molecule has 0 spiro atoms. The summed E-state index contributed by atoms with van der Waals surface area (Å²) in [5.41, 5.74) is 1.01. The SMILES string of the molecule is Fc1ccc(F)c(-c2cccc3ccccc23)c1. The highest BCUT2D eigenvalue weighted by molar-refractivity contribution is 5.96. The Labute approximate surface area is 104 Å². The standard InChI is InChI=1S/C16H10F2/c17-12-8-9-16(18)15(10-12)14-7-3-5-11-4-1-2-6-13(11)14/h1-10H. The van der Waals surface area contributed by atoms with Crippen molar-refractivity contribution in [2.24, 2.45) is 0 Å². The van der Waals surface area contributed by atoms with Crippen molar-refractivity contribution in [3.05, 3.63) is 72.3 Å². The van der Waals surface area contributed by atoms with E-state index in [4.69, 9.17) is 0 Å². The van der Waals surface area contributed by atoms with E-state index >= 15 is 0 Å². The molecule has 0 radical (unpaired) electrons. The van der Waals surface area contributed by atoms with Gasteiger partial charge in [0.2, 0.25) is 0 Å². The average Bonchev–Trinajstić information content (AvgIpc) is 2.41. The molecule has 0 saturated heterocycles. The molecular formula is C16H10F2. The highest BCUT2D eigenvalue weighted by atomic mass is 19.1. The van der Waals surface area contributed by atoms with Crippen LogP contribution in [0.15, 0.2) is 60.7 Å². The molecule has 0 unspecified atom stereocenters. The molecule has 0 atom stereocenters. The van der Waals surface area contributed by atoms with Crippen LogP contribution in [-0.2, 0) is 0 Å². The van der Waals surface area contributed by atoms with E-state index in [9.17, 15) is 8.78 Å². The zero-order valence-electron chi connectivity index (χ0n) is 9.53. The summed E-state index contributed by atoms with van der Waals surface area (Å²) in [5.74, 6) is -0.841. The predicted octanol–water partition coefficient (Wildman–Crippen LogP) is 4.79. The first-order valence-electron chi connectivity index (χ1n) is 5.69. The Kier molecular flexibility index (Phi) is 2.56. The second-order valence-corrected chi connectivity index (χ2v) is 4.15. The Bertz CT molecular complexity index is 712. The molecule has 88 valence electrons. The monoisotopic (exact) mass is 240 g/mol. The second-order valence-electron chi connectivity index (χ2n) is 4.15. The topological polar surface area (TPSA) is 0 Å². The van der Waals surface area contributed by atoms with Crippen molar-refractivity contribution in [1.82, 2.24) is 0 Å². The summed E-state index contributed by atoms with van der Waals surface area (Å²) in [6.45, 7) is 0. The van der Waals surface area contributed by atoms with Gasteiger partial charge in [-0.05, 0) is 34.5 Å². The zero-order valence-corrected chi connectivity index (χ0v) is 9.53. The van der Waals surface area contributed by atoms with Crippen LogP contribution in [-0.4, -0.2) is 0 Å². The lowest BCUT2D eigenvalue weighted by atomic mass is 9.98. The highest BCUT2D eigenvalue weighted by Gasteiger charge is 2.09. The Morgan fingerprint density at radius 3 is 2.33 bits per heavy atom. The minimum atomic E-state index is -0.431. The molecule has 0 N–H and O–H groups in total. The number of halogens is 2. The lowest BCUT2D eigenvalue weighted by Crippen LogP contribution is -1.87. The van der Waals surface area contributed by atoms with Gasteiger partial charge < -0.3 is 0 Å². The molecule has 3 aromatic rings. The fourth-order valence-electron chi connectivity index (χ4n) is 2.16. The van der Waals surface area contributed by atoms with E-state index in [1.165, 1.54) is 6.07 Å². The van der Waals surface area contributed by atoms with Crippen LogP contribution in [0.5, 0.6) is 0 Å². The van der Waals surface area contributed by atoms with E-state index in [1.54, 1.807) is 6.07 Å². The average molecular weight is 240 g/mol. The van der Waals surface area contributed by atoms with Crippen LogP contribution in [0.25, 0.3) is 21.9 Å². The van der Waals surface area contributed by atoms with Gasteiger partial charge in [0.25, 0.3) is 0 Å². The third-order valence-corrected chi connectivity index (χ3v) is 3.01. The molecule has 0 aliphatic heterocycles. The van der Waals surface area contributed by atoms with E-state index in [0.29, 0.717) is 11.1 Å². The molecule has 0 aliphatic carbocycles. The van der Waals surface area contributed by atoms with Crippen molar-refractivity contribution >= 4 is 10.8 Å². The van der Waals surface area contributed by atoms with Crippen molar-refractivity contribution in [3.8, 4) is 11.1 Å². The van der Waals surface area contributed by atoms with Gasteiger partial charge in [-0.3, -0.25) is 0 Å². The molecule has 0 amide bonds. The van der Waals surface area contributed by atoms with Crippen LogP contribution in [0.4, 0.5) is 8.78 Å². The maximum absolute atomic E-state index is 13.8. The molecule has 3 aromatic carbocycles. The minimum absolute atomic E-state index is 0.298. The molecule has 0 bridgehead atoms. The Hall–Kier alpha value is -2.22. The molecule has 18 heavy (non-hydrogen) atoms. The summed E-state index contributed by atoms with van der Waals surface area (Å²) >= 11 is 0. The molecule has 0 heterocycles. The number of fused-ring (bicyclic) bond motifs is 1. The van der Waals surface area contributed by atoms with Crippen LogP contribution in [0.1, 0.15) is 0 Å². The third kappa shape index (κ3) is 1.76. The van der Waals surface area contributed by atoms with E-state index in [0.717, 1.165) is 22.9 Å². The summed E-state index contributed by atoms with van der Waals surface area (Å²) in [6, 6.07) is 16.8. The predicted molar refractivity (Wildman–Crippen MR) is 69.3 cm³/mol. The summed E-state index contributed by atoms with van der Waals surface area (Å²) in [7, 11) is 0. The van der Waals surface area contributed by atoms with Gasteiger partial charge in [0.1, 0.15) is 11.6 Å². The minimum Gasteiger partial charge on any atom is -0.207 e. The van der Waals surface area contributed by atoms with Crippen molar-refractivity contribution in [3.63, 3.8) is 0 Å².